The second-order valence-electron chi connectivity index (χ2n) is 6.43. The Hall–Kier alpha value is -2.63. The average molecular weight is 385 g/mol. The normalized spacial score (nSPS) is 12.0. The molecule has 1 heterocycles. The van der Waals surface area contributed by atoms with Crippen molar-refractivity contribution in [2.45, 2.75) is 26.5 Å². The van der Waals surface area contributed by atoms with Gasteiger partial charge in [-0.1, -0.05) is 11.6 Å². The largest absolute Gasteiger partial charge is 0.491 e. The number of aliphatic hydroxyl groups excluding tert-OH is 1. The van der Waals surface area contributed by atoms with Gasteiger partial charge in [-0.3, -0.25) is 9.48 Å². The Morgan fingerprint density at radius 2 is 1.70 bits per heavy atom. The molecule has 6 heteroatoms. The van der Waals surface area contributed by atoms with Gasteiger partial charge in [-0.2, -0.15) is 5.10 Å². The van der Waals surface area contributed by atoms with E-state index in [9.17, 15) is 9.90 Å². The highest BCUT2D eigenvalue weighted by molar-refractivity contribution is 6.30. The predicted molar refractivity (Wildman–Crippen MR) is 105 cm³/mol. The molecule has 0 aliphatic carbocycles. The summed E-state index contributed by atoms with van der Waals surface area (Å²) in [4.78, 5) is 12.4. The van der Waals surface area contributed by atoms with Crippen LogP contribution in [0.3, 0.4) is 0 Å². The molecule has 0 aliphatic heterocycles. The maximum absolute atomic E-state index is 12.4. The Kier molecular flexibility index (Phi) is 5.94. The maximum Gasteiger partial charge on any atom is 0.193 e. The van der Waals surface area contributed by atoms with Crippen molar-refractivity contribution in [1.29, 1.82) is 0 Å². The number of hydrogen-bond acceptors (Lipinski definition) is 4. The number of carbonyl (C=O) groups excluding carboxylic acids is 1. The molecule has 0 saturated carbocycles. The zero-order chi connectivity index (χ0) is 19.4. The molecule has 1 aromatic heterocycles. The van der Waals surface area contributed by atoms with E-state index in [0.29, 0.717) is 28.4 Å². The third-order valence-corrected chi connectivity index (χ3v) is 4.40. The highest BCUT2D eigenvalue weighted by Gasteiger charge is 2.11. The van der Waals surface area contributed by atoms with Crippen LogP contribution in [0.5, 0.6) is 5.75 Å². The SMILES string of the molecule is Cc1cc(C)n(CC(O)COc2ccc(C(=O)c3ccc(Cl)cc3)cc2)n1. The Bertz CT molecular complexity index is 918. The summed E-state index contributed by atoms with van der Waals surface area (Å²) < 4.78 is 7.38. The van der Waals surface area contributed by atoms with Crippen molar-refractivity contribution >= 4 is 17.4 Å². The number of rotatable bonds is 7. The van der Waals surface area contributed by atoms with Gasteiger partial charge in [0, 0.05) is 21.8 Å². The predicted octanol–water partition coefficient (Wildman–Crippen LogP) is 3.82. The van der Waals surface area contributed by atoms with Crippen molar-refractivity contribution < 1.29 is 14.6 Å². The number of ketones is 1. The summed E-state index contributed by atoms with van der Waals surface area (Å²) in [7, 11) is 0. The van der Waals surface area contributed by atoms with Crippen LogP contribution < -0.4 is 4.74 Å². The number of halogens is 1. The van der Waals surface area contributed by atoms with E-state index in [1.54, 1.807) is 53.2 Å². The van der Waals surface area contributed by atoms with Gasteiger partial charge < -0.3 is 9.84 Å². The molecule has 1 unspecified atom stereocenters. The Labute approximate surface area is 163 Å². The fraction of sp³-hybridized carbons (Fsp3) is 0.238. The van der Waals surface area contributed by atoms with Crippen LogP contribution in [0.15, 0.2) is 54.6 Å². The third kappa shape index (κ3) is 4.96. The van der Waals surface area contributed by atoms with Crippen LogP contribution >= 0.6 is 11.6 Å². The molecule has 3 rings (SSSR count). The van der Waals surface area contributed by atoms with Crippen LogP contribution in [0.2, 0.25) is 5.02 Å². The molecular formula is C21H21ClN2O3. The van der Waals surface area contributed by atoms with Crippen LogP contribution in [-0.4, -0.2) is 33.4 Å². The fourth-order valence-electron chi connectivity index (χ4n) is 2.77. The van der Waals surface area contributed by atoms with E-state index in [4.69, 9.17) is 16.3 Å². The maximum atomic E-state index is 12.4. The zero-order valence-corrected chi connectivity index (χ0v) is 16.0. The molecule has 0 fully saturated rings. The number of aryl methyl sites for hydroxylation is 2. The van der Waals surface area contributed by atoms with Gasteiger partial charge in [-0.15, -0.1) is 0 Å². The first kappa shape index (κ1) is 19.1. The summed E-state index contributed by atoms with van der Waals surface area (Å²) in [6, 6.07) is 15.6. The Morgan fingerprint density at radius 1 is 1.11 bits per heavy atom. The molecule has 140 valence electrons. The van der Waals surface area contributed by atoms with Crippen LogP contribution in [0.1, 0.15) is 27.3 Å². The lowest BCUT2D eigenvalue weighted by Crippen LogP contribution is -2.24. The first-order valence-electron chi connectivity index (χ1n) is 8.64. The molecule has 1 atom stereocenters. The first-order chi connectivity index (χ1) is 12.9. The number of hydrogen-bond donors (Lipinski definition) is 1. The molecule has 0 amide bonds. The summed E-state index contributed by atoms with van der Waals surface area (Å²) in [5.74, 6) is 0.512. The lowest BCUT2D eigenvalue weighted by Gasteiger charge is -2.13. The van der Waals surface area contributed by atoms with E-state index >= 15 is 0 Å². The van der Waals surface area contributed by atoms with Crippen LogP contribution in [0, 0.1) is 13.8 Å². The van der Waals surface area contributed by atoms with E-state index in [0.717, 1.165) is 11.4 Å². The molecule has 5 nitrogen and oxygen atoms in total. The minimum atomic E-state index is -0.682. The zero-order valence-electron chi connectivity index (χ0n) is 15.2. The van der Waals surface area contributed by atoms with E-state index in [-0.39, 0.29) is 12.4 Å². The summed E-state index contributed by atoms with van der Waals surface area (Å²) in [5, 5.41) is 15.1. The Morgan fingerprint density at radius 3 is 2.26 bits per heavy atom. The molecule has 27 heavy (non-hydrogen) atoms. The number of aliphatic hydroxyl groups is 1. The third-order valence-electron chi connectivity index (χ3n) is 4.15. The van der Waals surface area contributed by atoms with Crippen molar-refractivity contribution in [1.82, 2.24) is 9.78 Å². The van der Waals surface area contributed by atoms with Gasteiger partial charge in [-0.05, 0) is 68.4 Å². The summed E-state index contributed by atoms with van der Waals surface area (Å²) in [6.45, 7) is 4.37. The highest BCUT2D eigenvalue weighted by Crippen LogP contribution is 2.17. The number of benzene rings is 2. The number of aromatic nitrogens is 2. The molecule has 0 radical (unpaired) electrons. The van der Waals surface area contributed by atoms with Crippen LogP contribution in [0.4, 0.5) is 0 Å². The lowest BCUT2D eigenvalue weighted by atomic mass is 10.0. The standard InChI is InChI=1S/C21H21ClN2O3/c1-14-11-15(2)24(23-14)12-19(25)13-27-20-9-5-17(6-10-20)21(26)16-3-7-18(22)8-4-16/h3-11,19,25H,12-13H2,1-2H3. The van der Waals surface area contributed by atoms with Gasteiger partial charge in [0.2, 0.25) is 0 Å². The second-order valence-corrected chi connectivity index (χ2v) is 6.87. The van der Waals surface area contributed by atoms with E-state index in [2.05, 4.69) is 5.10 Å². The van der Waals surface area contributed by atoms with Crippen molar-refractivity contribution in [2.75, 3.05) is 6.61 Å². The molecule has 3 aromatic rings. The van der Waals surface area contributed by atoms with Crippen molar-refractivity contribution in [2.24, 2.45) is 0 Å². The van der Waals surface area contributed by atoms with Crippen LogP contribution in [-0.2, 0) is 6.54 Å². The summed E-state index contributed by atoms with van der Waals surface area (Å²) >= 11 is 5.85. The summed E-state index contributed by atoms with van der Waals surface area (Å²) in [6.07, 6.45) is -0.682. The molecule has 0 bridgehead atoms. The molecule has 0 saturated heterocycles. The minimum Gasteiger partial charge on any atom is -0.491 e. The summed E-state index contributed by atoms with van der Waals surface area (Å²) in [5.41, 5.74) is 3.06. The van der Waals surface area contributed by atoms with Gasteiger partial charge in [0.1, 0.15) is 18.5 Å². The van der Waals surface area contributed by atoms with E-state index in [1.807, 2.05) is 19.9 Å². The fourth-order valence-corrected chi connectivity index (χ4v) is 2.90. The van der Waals surface area contributed by atoms with Gasteiger partial charge in [0.05, 0.1) is 12.2 Å². The number of ether oxygens (including phenoxy) is 1. The van der Waals surface area contributed by atoms with Gasteiger partial charge in [-0.25, -0.2) is 0 Å². The van der Waals surface area contributed by atoms with E-state index in [1.165, 1.54) is 0 Å². The van der Waals surface area contributed by atoms with Gasteiger partial charge in [0.25, 0.3) is 0 Å². The molecule has 1 N–H and O–H groups in total. The van der Waals surface area contributed by atoms with Crippen molar-refractivity contribution in [3.63, 3.8) is 0 Å². The minimum absolute atomic E-state index is 0.0808. The lowest BCUT2D eigenvalue weighted by molar-refractivity contribution is 0.0886. The van der Waals surface area contributed by atoms with Crippen molar-refractivity contribution in [3.8, 4) is 5.75 Å². The quantitative estimate of drug-likeness (QED) is 0.629. The van der Waals surface area contributed by atoms with E-state index < -0.39 is 6.10 Å². The molecule has 0 spiro atoms. The number of nitrogens with zero attached hydrogens (tertiary/aromatic N) is 2. The average Bonchev–Trinajstić information content (AvgIpc) is 2.97. The number of carbonyl (C=O) groups is 1. The van der Waals surface area contributed by atoms with Gasteiger partial charge in [0.15, 0.2) is 5.78 Å². The second kappa shape index (κ2) is 8.37. The first-order valence-corrected chi connectivity index (χ1v) is 9.02. The molecular weight excluding hydrogens is 364 g/mol. The molecule has 2 aromatic carbocycles. The van der Waals surface area contributed by atoms with Gasteiger partial charge >= 0.3 is 0 Å². The monoisotopic (exact) mass is 384 g/mol. The smallest absolute Gasteiger partial charge is 0.193 e. The highest BCUT2D eigenvalue weighted by atomic mass is 35.5. The van der Waals surface area contributed by atoms with Crippen molar-refractivity contribution in [3.05, 3.63) is 82.1 Å². The Balaban J connectivity index is 1.56. The topological polar surface area (TPSA) is 64.3 Å². The molecule has 0 aliphatic rings. The van der Waals surface area contributed by atoms with Crippen LogP contribution in [0.25, 0.3) is 0 Å².